The second-order valence-electron chi connectivity index (χ2n) is 10.4. The van der Waals surface area contributed by atoms with Crippen molar-refractivity contribution in [3.8, 4) is 0 Å². The zero-order chi connectivity index (χ0) is 24.7. The van der Waals surface area contributed by atoms with Gasteiger partial charge in [-0.15, -0.1) is 0 Å². The summed E-state index contributed by atoms with van der Waals surface area (Å²) in [4.78, 5) is 29.7. The first-order valence-corrected chi connectivity index (χ1v) is 12.9. The van der Waals surface area contributed by atoms with Crippen molar-refractivity contribution < 1.29 is 19.1 Å². The number of fused-ring (bicyclic) bond motifs is 1. The minimum absolute atomic E-state index is 0.0329. The van der Waals surface area contributed by atoms with Crippen LogP contribution in [0.1, 0.15) is 70.0 Å². The van der Waals surface area contributed by atoms with E-state index in [1.54, 1.807) is 4.68 Å². The Balaban J connectivity index is 1.25. The maximum absolute atomic E-state index is 14.0. The van der Waals surface area contributed by atoms with E-state index in [2.05, 4.69) is 37.1 Å². The van der Waals surface area contributed by atoms with E-state index in [1.165, 1.54) is 21.6 Å². The molecule has 1 aromatic heterocycles. The summed E-state index contributed by atoms with van der Waals surface area (Å²) in [6.45, 7) is 6.10. The lowest BCUT2D eigenvalue weighted by atomic mass is 9.85. The van der Waals surface area contributed by atoms with Gasteiger partial charge in [0.15, 0.2) is 5.69 Å². The number of carbonyl (C=O) groups is 2. The first-order valence-electron chi connectivity index (χ1n) is 12.9. The third-order valence-corrected chi connectivity index (χ3v) is 8.22. The van der Waals surface area contributed by atoms with Gasteiger partial charge < -0.3 is 14.9 Å². The van der Waals surface area contributed by atoms with Crippen LogP contribution in [-0.4, -0.2) is 75.0 Å². The van der Waals surface area contributed by atoms with E-state index in [1.807, 2.05) is 4.90 Å². The van der Waals surface area contributed by atoms with Crippen LogP contribution in [0.25, 0.3) is 0 Å². The maximum Gasteiger partial charge on any atom is 0.274 e. The van der Waals surface area contributed by atoms with E-state index in [9.17, 15) is 19.1 Å². The van der Waals surface area contributed by atoms with Crippen LogP contribution in [-0.2, 0) is 24.2 Å². The van der Waals surface area contributed by atoms with E-state index in [4.69, 9.17) is 0 Å². The van der Waals surface area contributed by atoms with E-state index in [-0.39, 0.29) is 31.3 Å². The fraction of sp³-hybridized carbons (Fsp3) is 0.593. The molecule has 2 amide bonds. The van der Waals surface area contributed by atoms with Gasteiger partial charge in [-0.3, -0.25) is 14.3 Å². The molecule has 7 nitrogen and oxygen atoms in total. The highest BCUT2D eigenvalue weighted by atomic mass is 19.1. The molecule has 0 radical (unpaired) electrons. The SMILES string of the molecule is Cc1cccc(C2CCN(C(=O)Cn3nc(C(=O)N4CC[C@H](O)[C@H](F)C4)c4c3CCC4)CC2)c1C. The quantitative estimate of drug-likeness (QED) is 0.727. The lowest BCUT2D eigenvalue weighted by Crippen LogP contribution is -2.47. The molecule has 2 saturated heterocycles. The number of piperidine rings is 2. The number of carbonyl (C=O) groups excluding carboxylic acids is 2. The van der Waals surface area contributed by atoms with Gasteiger partial charge in [0.2, 0.25) is 5.91 Å². The van der Waals surface area contributed by atoms with E-state index < -0.39 is 12.3 Å². The Labute approximate surface area is 205 Å². The summed E-state index contributed by atoms with van der Waals surface area (Å²) in [6.07, 6.45) is 2.14. The van der Waals surface area contributed by atoms with Crippen LogP contribution in [0.15, 0.2) is 18.2 Å². The zero-order valence-electron chi connectivity index (χ0n) is 20.7. The molecule has 0 saturated carbocycles. The van der Waals surface area contributed by atoms with E-state index >= 15 is 0 Å². The number of halogens is 1. The molecular formula is C27H35FN4O3. The smallest absolute Gasteiger partial charge is 0.274 e. The monoisotopic (exact) mass is 482 g/mol. The molecule has 8 heteroatoms. The molecule has 0 unspecified atom stereocenters. The van der Waals surface area contributed by atoms with Crippen LogP contribution < -0.4 is 0 Å². The number of benzene rings is 1. The normalized spacial score (nSPS) is 23.0. The van der Waals surface area contributed by atoms with Crippen molar-refractivity contribution in [2.24, 2.45) is 0 Å². The van der Waals surface area contributed by atoms with Crippen molar-refractivity contribution in [3.05, 3.63) is 51.8 Å². The van der Waals surface area contributed by atoms with Gasteiger partial charge in [0, 0.05) is 30.9 Å². The summed E-state index contributed by atoms with van der Waals surface area (Å²) in [5, 5.41) is 14.2. The second-order valence-corrected chi connectivity index (χ2v) is 10.4. The molecule has 35 heavy (non-hydrogen) atoms. The highest BCUT2D eigenvalue weighted by Crippen LogP contribution is 2.32. The largest absolute Gasteiger partial charge is 0.390 e. The highest BCUT2D eigenvalue weighted by molar-refractivity contribution is 5.94. The van der Waals surface area contributed by atoms with Crippen molar-refractivity contribution in [2.45, 2.75) is 77.1 Å². The van der Waals surface area contributed by atoms with E-state index in [0.29, 0.717) is 18.2 Å². The second kappa shape index (κ2) is 9.72. The Hall–Kier alpha value is -2.74. The van der Waals surface area contributed by atoms with Gasteiger partial charge in [0.25, 0.3) is 5.91 Å². The summed E-state index contributed by atoms with van der Waals surface area (Å²) in [5.41, 5.74) is 6.26. The molecule has 0 spiro atoms. The van der Waals surface area contributed by atoms with Gasteiger partial charge in [-0.25, -0.2) is 4.39 Å². The predicted octanol–water partition coefficient (Wildman–Crippen LogP) is 2.94. The number of aromatic nitrogens is 2. The minimum Gasteiger partial charge on any atom is -0.390 e. The Morgan fingerprint density at radius 3 is 2.57 bits per heavy atom. The summed E-state index contributed by atoms with van der Waals surface area (Å²) in [7, 11) is 0. The molecule has 188 valence electrons. The van der Waals surface area contributed by atoms with E-state index in [0.717, 1.165) is 56.5 Å². The number of aryl methyl sites for hydroxylation is 1. The standard InChI is InChI=1S/C27H35FN4O3/c1-17-5-3-6-20(18(17)2)19-9-12-30(13-10-19)25(34)16-32-23-8-4-7-21(23)26(29-32)27(35)31-14-11-24(33)22(28)15-31/h3,5-6,19,22,24,33H,4,7-16H2,1-2H3/t22-,24+/m1/s1. The van der Waals surface area contributed by atoms with Crippen molar-refractivity contribution in [2.75, 3.05) is 26.2 Å². The molecule has 2 fully saturated rings. The number of hydrogen-bond donors (Lipinski definition) is 1. The highest BCUT2D eigenvalue weighted by Gasteiger charge is 2.35. The van der Waals surface area contributed by atoms with Crippen LogP contribution in [0.5, 0.6) is 0 Å². The van der Waals surface area contributed by atoms with Gasteiger partial charge in [0.1, 0.15) is 12.7 Å². The van der Waals surface area contributed by atoms with Gasteiger partial charge >= 0.3 is 0 Å². The molecule has 1 aromatic carbocycles. The van der Waals surface area contributed by atoms with Crippen molar-refractivity contribution in [3.63, 3.8) is 0 Å². The lowest BCUT2D eigenvalue weighted by molar-refractivity contribution is -0.133. The number of aliphatic hydroxyl groups excluding tert-OH is 1. The van der Waals surface area contributed by atoms with Crippen molar-refractivity contribution in [1.29, 1.82) is 0 Å². The maximum atomic E-state index is 14.0. The number of alkyl halides is 1. The van der Waals surface area contributed by atoms with Gasteiger partial charge in [-0.05, 0) is 75.0 Å². The minimum atomic E-state index is -1.43. The summed E-state index contributed by atoms with van der Waals surface area (Å²) < 4.78 is 15.7. The topological polar surface area (TPSA) is 78.7 Å². The molecule has 2 aromatic rings. The number of amides is 2. The van der Waals surface area contributed by atoms with Crippen molar-refractivity contribution >= 4 is 11.8 Å². The van der Waals surface area contributed by atoms with Gasteiger partial charge in [-0.2, -0.15) is 5.10 Å². The predicted molar refractivity (Wildman–Crippen MR) is 130 cm³/mol. The molecule has 2 aliphatic heterocycles. The summed E-state index contributed by atoms with van der Waals surface area (Å²) in [6, 6.07) is 6.47. The van der Waals surface area contributed by atoms with Crippen LogP contribution in [0.2, 0.25) is 0 Å². The Morgan fingerprint density at radius 2 is 1.83 bits per heavy atom. The first kappa shape index (κ1) is 24.0. The third-order valence-electron chi connectivity index (χ3n) is 8.22. The number of hydrogen-bond acceptors (Lipinski definition) is 4. The molecule has 1 aliphatic carbocycles. The molecule has 5 rings (SSSR count). The molecule has 3 heterocycles. The number of aliphatic hydroxyl groups is 1. The fourth-order valence-electron chi connectivity index (χ4n) is 5.92. The van der Waals surface area contributed by atoms with Crippen molar-refractivity contribution in [1.82, 2.24) is 19.6 Å². The summed E-state index contributed by atoms with van der Waals surface area (Å²) >= 11 is 0. The number of likely N-dealkylation sites (tertiary alicyclic amines) is 2. The van der Waals surface area contributed by atoms with Crippen LogP contribution >= 0.6 is 0 Å². The van der Waals surface area contributed by atoms with Crippen LogP contribution in [0, 0.1) is 13.8 Å². The molecular weight excluding hydrogens is 447 g/mol. The molecule has 3 aliphatic rings. The summed E-state index contributed by atoms with van der Waals surface area (Å²) in [5.74, 6) is 0.211. The first-order chi connectivity index (χ1) is 16.8. The van der Waals surface area contributed by atoms with Gasteiger partial charge in [0.05, 0.1) is 12.6 Å². The van der Waals surface area contributed by atoms with Crippen LogP contribution in [0.3, 0.4) is 0 Å². The number of rotatable bonds is 4. The molecule has 0 bridgehead atoms. The third kappa shape index (κ3) is 4.60. The molecule has 1 N–H and O–H groups in total. The van der Waals surface area contributed by atoms with Crippen LogP contribution in [0.4, 0.5) is 4.39 Å². The lowest BCUT2D eigenvalue weighted by Gasteiger charge is -2.33. The average Bonchev–Trinajstić information content (AvgIpc) is 3.46. The zero-order valence-corrected chi connectivity index (χ0v) is 20.7. The Morgan fingerprint density at radius 1 is 1.09 bits per heavy atom. The molecule has 2 atom stereocenters. The average molecular weight is 483 g/mol. The fourth-order valence-corrected chi connectivity index (χ4v) is 5.92. The Kier molecular flexibility index (Phi) is 6.66. The number of nitrogens with zero attached hydrogens (tertiary/aromatic N) is 4. The Bertz CT molecular complexity index is 1120. The van der Waals surface area contributed by atoms with Gasteiger partial charge in [-0.1, -0.05) is 18.2 Å².